The molecular weight excluding hydrogens is 284 g/mol. The molecule has 0 amide bonds. The Morgan fingerprint density at radius 3 is 2.37 bits per heavy atom. The van der Waals surface area contributed by atoms with Crippen molar-refractivity contribution in [1.29, 1.82) is 0 Å². The van der Waals surface area contributed by atoms with Gasteiger partial charge in [0.25, 0.3) is 0 Å². The first-order valence-electron chi connectivity index (χ1n) is 5.98. The Hall–Kier alpha value is -1.09. The SMILES string of the molecule is C[C@H](NCc1cc(F)cc(Cl)c1)c1ccc(Cl)cc1. The molecule has 0 heterocycles. The lowest BCUT2D eigenvalue weighted by Gasteiger charge is -2.14. The van der Waals surface area contributed by atoms with E-state index in [1.807, 2.05) is 31.2 Å². The maximum Gasteiger partial charge on any atom is 0.125 e. The second kappa shape index (κ2) is 6.38. The van der Waals surface area contributed by atoms with Crippen molar-refractivity contribution in [3.63, 3.8) is 0 Å². The van der Waals surface area contributed by atoms with Gasteiger partial charge in [0.2, 0.25) is 0 Å². The lowest BCUT2D eigenvalue weighted by Crippen LogP contribution is -2.18. The summed E-state index contributed by atoms with van der Waals surface area (Å²) in [5, 5.41) is 4.45. The van der Waals surface area contributed by atoms with Crippen molar-refractivity contribution < 1.29 is 4.39 Å². The number of rotatable bonds is 4. The molecule has 0 aromatic heterocycles. The van der Waals surface area contributed by atoms with Gasteiger partial charge in [-0.1, -0.05) is 35.3 Å². The van der Waals surface area contributed by atoms with Gasteiger partial charge in [0.1, 0.15) is 5.82 Å². The molecule has 100 valence electrons. The van der Waals surface area contributed by atoms with E-state index in [-0.39, 0.29) is 11.9 Å². The van der Waals surface area contributed by atoms with Gasteiger partial charge in [0.05, 0.1) is 0 Å². The van der Waals surface area contributed by atoms with Crippen molar-refractivity contribution in [3.05, 3.63) is 69.5 Å². The molecule has 2 rings (SSSR count). The minimum Gasteiger partial charge on any atom is -0.306 e. The largest absolute Gasteiger partial charge is 0.306 e. The number of halogens is 3. The fourth-order valence-electron chi connectivity index (χ4n) is 1.85. The van der Waals surface area contributed by atoms with Gasteiger partial charge in [0, 0.05) is 22.6 Å². The Morgan fingerprint density at radius 1 is 1.05 bits per heavy atom. The standard InChI is InChI=1S/C15H14Cl2FN/c1-10(12-2-4-13(16)5-3-12)19-9-11-6-14(17)8-15(18)7-11/h2-8,10,19H,9H2,1H3/t10-/m0/s1. The van der Waals surface area contributed by atoms with Crippen molar-refractivity contribution in [2.45, 2.75) is 19.5 Å². The summed E-state index contributed by atoms with van der Waals surface area (Å²) >= 11 is 11.7. The van der Waals surface area contributed by atoms with Crippen LogP contribution in [0.15, 0.2) is 42.5 Å². The smallest absolute Gasteiger partial charge is 0.125 e. The lowest BCUT2D eigenvalue weighted by molar-refractivity contribution is 0.569. The summed E-state index contributed by atoms with van der Waals surface area (Å²) in [6.07, 6.45) is 0. The van der Waals surface area contributed by atoms with E-state index in [4.69, 9.17) is 23.2 Å². The van der Waals surface area contributed by atoms with E-state index in [0.717, 1.165) is 11.1 Å². The van der Waals surface area contributed by atoms with Gasteiger partial charge >= 0.3 is 0 Å². The van der Waals surface area contributed by atoms with E-state index in [1.54, 1.807) is 6.07 Å². The molecule has 0 bridgehead atoms. The highest BCUT2D eigenvalue weighted by Crippen LogP contribution is 2.18. The van der Waals surface area contributed by atoms with Crippen LogP contribution in [-0.2, 0) is 6.54 Å². The molecule has 0 unspecified atom stereocenters. The summed E-state index contributed by atoms with van der Waals surface area (Å²) in [4.78, 5) is 0. The summed E-state index contributed by atoms with van der Waals surface area (Å²) < 4.78 is 13.2. The van der Waals surface area contributed by atoms with Crippen LogP contribution in [0.4, 0.5) is 4.39 Å². The Morgan fingerprint density at radius 2 is 1.74 bits per heavy atom. The average Bonchev–Trinajstić information content (AvgIpc) is 2.36. The summed E-state index contributed by atoms with van der Waals surface area (Å²) in [6.45, 7) is 2.60. The molecule has 2 aromatic rings. The van der Waals surface area contributed by atoms with Crippen molar-refractivity contribution >= 4 is 23.2 Å². The zero-order valence-corrected chi connectivity index (χ0v) is 12.0. The zero-order chi connectivity index (χ0) is 13.8. The molecule has 0 fully saturated rings. The molecule has 1 N–H and O–H groups in total. The van der Waals surface area contributed by atoms with Crippen LogP contribution < -0.4 is 5.32 Å². The molecule has 19 heavy (non-hydrogen) atoms. The Balaban J connectivity index is 1.99. The van der Waals surface area contributed by atoms with Gasteiger partial charge < -0.3 is 5.32 Å². The molecule has 4 heteroatoms. The van der Waals surface area contributed by atoms with Crippen LogP contribution in [0.1, 0.15) is 24.1 Å². The predicted octanol–water partition coefficient (Wildman–Crippen LogP) is 4.98. The third kappa shape index (κ3) is 4.20. The maximum absolute atomic E-state index is 13.2. The Bertz CT molecular complexity index is 534. The van der Waals surface area contributed by atoms with Crippen molar-refractivity contribution in [2.75, 3.05) is 0 Å². The van der Waals surface area contributed by atoms with Crippen molar-refractivity contribution in [2.24, 2.45) is 0 Å². The van der Waals surface area contributed by atoms with Gasteiger partial charge in [-0.2, -0.15) is 0 Å². The third-order valence-corrected chi connectivity index (χ3v) is 3.37. The quantitative estimate of drug-likeness (QED) is 0.839. The Labute approximate surface area is 122 Å². The van der Waals surface area contributed by atoms with Gasteiger partial charge in [-0.25, -0.2) is 4.39 Å². The summed E-state index contributed by atoms with van der Waals surface area (Å²) in [7, 11) is 0. The highest BCUT2D eigenvalue weighted by Gasteiger charge is 2.06. The molecule has 2 aromatic carbocycles. The molecule has 0 spiro atoms. The Kier molecular flexibility index (Phi) is 4.81. The lowest BCUT2D eigenvalue weighted by atomic mass is 10.1. The van der Waals surface area contributed by atoms with Gasteiger partial charge in [-0.05, 0) is 48.4 Å². The molecular formula is C15H14Cl2FN. The van der Waals surface area contributed by atoms with E-state index < -0.39 is 0 Å². The molecule has 0 radical (unpaired) electrons. The highest BCUT2D eigenvalue weighted by atomic mass is 35.5. The van der Waals surface area contributed by atoms with Crippen LogP contribution in [0.25, 0.3) is 0 Å². The highest BCUT2D eigenvalue weighted by molar-refractivity contribution is 6.30. The third-order valence-electron chi connectivity index (χ3n) is 2.90. The molecule has 0 aliphatic carbocycles. The molecule has 0 saturated carbocycles. The monoisotopic (exact) mass is 297 g/mol. The van der Waals surface area contributed by atoms with Crippen LogP contribution in [-0.4, -0.2) is 0 Å². The molecule has 0 aliphatic rings. The predicted molar refractivity (Wildman–Crippen MR) is 78.1 cm³/mol. The van der Waals surface area contributed by atoms with Crippen molar-refractivity contribution in [1.82, 2.24) is 5.32 Å². The topological polar surface area (TPSA) is 12.0 Å². The summed E-state index contributed by atoms with van der Waals surface area (Å²) in [6, 6.07) is 12.3. The molecule has 1 nitrogen and oxygen atoms in total. The first-order chi connectivity index (χ1) is 9.04. The summed E-state index contributed by atoms with van der Waals surface area (Å²) in [5.74, 6) is -0.316. The van der Waals surface area contributed by atoms with Gasteiger partial charge in [-0.3, -0.25) is 0 Å². The number of benzene rings is 2. The van der Waals surface area contributed by atoms with Crippen LogP contribution in [0, 0.1) is 5.82 Å². The fraction of sp³-hybridized carbons (Fsp3) is 0.200. The number of hydrogen-bond acceptors (Lipinski definition) is 1. The first kappa shape index (κ1) is 14.3. The van der Waals surface area contributed by atoms with E-state index >= 15 is 0 Å². The van der Waals surface area contributed by atoms with E-state index in [9.17, 15) is 4.39 Å². The van der Waals surface area contributed by atoms with E-state index in [0.29, 0.717) is 16.6 Å². The van der Waals surface area contributed by atoms with Crippen LogP contribution in [0.2, 0.25) is 10.0 Å². The van der Waals surface area contributed by atoms with Crippen LogP contribution in [0.3, 0.4) is 0 Å². The second-order valence-electron chi connectivity index (χ2n) is 4.43. The maximum atomic E-state index is 13.2. The molecule has 0 aliphatic heterocycles. The minimum absolute atomic E-state index is 0.152. The molecule has 1 atom stereocenters. The normalized spacial score (nSPS) is 12.4. The minimum atomic E-state index is -0.316. The fourth-order valence-corrected chi connectivity index (χ4v) is 2.22. The average molecular weight is 298 g/mol. The number of nitrogens with one attached hydrogen (secondary N) is 1. The zero-order valence-electron chi connectivity index (χ0n) is 10.5. The van der Waals surface area contributed by atoms with Gasteiger partial charge in [-0.15, -0.1) is 0 Å². The van der Waals surface area contributed by atoms with E-state index in [1.165, 1.54) is 12.1 Å². The molecule has 0 saturated heterocycles. The van der Waals surface area contributed by atoms with Crippen LogP contribution in [0.5, 0.6) is 0 Å². The second-order valence-corrected chi connectivity index (χ2v) is 5.30. The number of hydrogen-bond donors (Lipinski definition) is 1. The van der Waals surface area contributed by atoms with Crippen LogP contribution >= 0.6 is 23.2 Å². The first-order valence-corrected chi connectivity index (χ1v) is 6.74. The van der Waals surface area contributed by atoms with Gasteiger partial charge in [0.15, 0.2) is 0 Å². The summed E-state index contributed by atoms with van der Waals surface area (Å²) in [5.41, 5.74) is 1.96. The van der Waals surface area contributed by atoms with E-state index in [2.05, 4.69) is 5.32 Å². The van der Waals surface area contributed by atoms with Crippen molar-refractivity contribution in [3.8, 4) is 0 Å².